The first-order valence-corrected chi connectivity index (χ1v) is 11.6. The molecule has 3 aromatic rings. The lowest BCUT2D eigenvalue weighted by atomic mass is 10.0. The Bertz CT molecular complexity index is 1340. The Kier molecular flexibility index (Phi) is 5.85. The van der Waals surface area contributed by atoms with Crippen LogP contribution in [0.3, 0.4) is 0 Å². The van der Waals surface area contributed by atoms with Gasteiger partial charge in [0.2, 0.25) is 5.91 Å². The molecule has 0 spiro atoms. The molecule has 0 aliphatic carbocycles. The molecular formula is C25H21N5O3S. The Morgan fingerprint density at radius 1 is 1.06 bits per heavy atom. The molecule has 1 aromatic carbocycles. The number of amides is 3. The predicted molar refractivity (Wildman–Crippen MR) is 133 cm³/mol. The number of benzene rings is 1. The second-order valence-corrected chi connectivity index (χ2v) is 8.92. The van der Waals surface area contributed by atoms with Crippen LogP contribution in [-0.4, -0.2) is 58.1 Å². The highest BCUT2D eigenvalue weighted by Crippen LogP contribution is 2.31. The van der Waals surface area contributed by atoms with E-state index < -0.39 is 0 Å². The zero-order chi connectivity index (χ0) is 23.7. The summed E-state index contributed by atoms with van der Waals surface area (Å²) in [5.41, 5.74) is 3.56. The third-order valence-electron chi connectivity index (χ3n) is 5.85. The molecule has 0 unspecified atom stereocenters. The van der Waals surface area contributed by atoms with Gasteiger partial charge >= 0.3 is 0 Å². The summed E-state index contributed by atoms with van der Waals surface area (Å²) in [6.45, 7) is 6.27. The van der Waals surface area contributed by atoms with Gasteiger partial charge in [0, 0.05) is 49.5 Å². The number of fused-ring (bicyclic) bond motifs is 1. The number of piperazine rings is 1. The molecule has 2 saturated heterocycles. The largest absolute Gasteiger partial charge is 0.353 e. The molecule has 1 N–H and O–H groups in total. The van der Waals surface area contributed by atoms with Crippen molar-refractivity contribution in [2.24, 2.45) is 0 Å². The number of hydrogen-bond donors (Lipinski definition) is 1. The lowest BCUT2D eigenvalue weighted by Gasteiger charge is -2.34. The fraction of sp³-hybridized carbons (Fsp3) is 0.160. The van der Waals surface area contributed by atoms with Crippen molar-refractivity contribution in [2.75, 3.05) is 31.1 Å². The average molecular weight is 472 g/mol. The highest BCUT2D eigenvalue weighted by molar-refractivity contribution is 8.18. The number of nitrogens with zero attached hydrogens (tertiary/aromatic N) is 4. The molecule has 2 aliphatic heterocycles. The predicted octanol–water partition coefficient (Wildman–Crippen LogP) is 3.46. The van der Waals surface area contributed by atoms with Gasteiger partial charge in [-0.25, -0.2) is 4.98 Å². The van der Waals surface area contributed by atoms with Crippen LogP contribution in [-0.2, 0) is 9.59 Å². The first kappa shape index (κ1) is 21.8. The number of carbonyl (C=O) groups excluding carboxylic acids is 3. The third kappa shape index (κ3) is 4.29. The summed E-state index contributed by atoms with van der Waals surface area (Å²) in [4.78, 5) is 48.6. The average Bonchev–Trinajstić information content (AvgIpc) is 3.19. The van der Waals surface area contributed by atoms with E-state index in [-0.39, 0.29) is 17.1 Å². The standard InChI is InChI=1S/C25H21N5O3S/c1-2-23(31)30-11-9-29(10-12-30)22-6-4-17(15-27-22)18-7-8-26-20-5-3-16(13-19(18)20)14-21-24(32)28-25(33)34-21/h2-8,13-15H,1,9-12H2,(H,28,32,33). The fourth-order valence-electron chi connectivity index (χ4n) is 4.10. The van der Waals surface area contributed by atoms with Crippen molar-refractivity contribution < 1.29 is 14.4 Å². The minimum Gasteiger partial charge on any atom is -0.353 e. The Morgan fingerprint density at radius 3 is 2.56 bits per heavy atom. The van der Waals surface area contributed by atoms with Gasteiger partial charge in [-0.3, -0.25) is 24.7 Å². The molecule has 2 fully saturated rings. The molecule has 0 bridgehead atoms. The number of thioether (sulfide) groups is 1. The van der Waals surface area contributed by atoms with Gasteiger partial charge in [0.05, 0.1) is 10.4 Å². The number of rotatable bonds is 4. The van der Waals surface area contributed by atoms with Crippen LogP contribution in [0, 0.1) is 0 Å². The number of anilines is 1. The van der Waals surface area contributed by atoms with Crippen molar-refractivity contribution in [3.05, 3.63) is 71.9 Å². The molecule has 5 rings (SSSR count). The summed E-state index contributed by atoms with van der Waals surface area (Å²) in [5.74, 6) is 0.449. The number of aromatic nitrogens is 2. The highest BCUT2D eigenvalue weighted by atomic mass is 32.2. The van der Waals surface area contributed by atoms with Gasteiger partial charge in [0.25, 0.3) is 11.1 Å². The summed E-state index contributed by atoms with van der Waals surface area (Å²) in [6.07, 6.45) is 6.66. The van der Waals surface area contributed by atoms with Crippen LogP contribution in [0.2, 0.25) is 0 Å². The Labute approximate surface area is 200 Å². The van der Waals surface area contributed by atoms with Crippen LogP contribution < -0.4 is 10.2 Å². The molecule has 0 atom stereocenters. The topological polar surface area (TPSA) is 95.5 Å². The lowest BCUT2D eigenvalue weighted by molar-refractivity contribution is -0.126. The minimum atomic E-state index is -0.379. The van der Waals surface area contributed by atoms with Crippen molar-refractivity contribution in [3.63, 3.8) is 0 Å². The number of carbonyl (C=O) groups is 3. The number of nitrogens with one attached hydrogen (secondary N) is 1. The van der Waals surface area contributed by atoms with Crippen molar-refractivity contribution in [1.82, 2.24) is 20.2 Å². The summed E-state index contributed by atoms with van der Waals surface area (Å²) in [7, 11) is 0. The van der Waals surface area contributed by atoms with Gasteiger partial charge < -0.3 is 9.80 Å². The van der Waals surface area contributed by atoms with E-state index in [1.54, 1.807) is 17.2 Å². The zero-order valence-electron chi connectivity index (χ0n) is 18.2. The summed E-state index contributed by atoms with van der Waals surface area (Å²) in [6, 6.07) is 11.7. The van der Waals surface area contributed by atoms with E-state index in [0.29, 0.717) is 18.0 Å². The van der Waals surface area contributed by atoms with Gasteiger partial charge in [0.1, 0.15) is 5.82 Å². The van der Waals surface area contributed by atoms with Gasteiger partial charge in [-0.2, -0.15) is 0 Å². The minimum absolute atomic E-state index is 0.0405. The molecule has 0 radical (unpaired) electrons. The zero-order valence-corrected chi connectivity index (χ0v) is 19.0. The molecule has 8 nitrogen and oxygen atoms in total. The van der Waals surface area contributed by atoms with E-state index >= 15 is 0 Å². The fourth-order valence-corrected chi connectivity index (χ4v) is 4.78. The Balaban J connectivity index is 1.40. The molecule has 4 heterocycles. The molecule has 2 aliphatic rings. The number of hydrogen-bond acceptors (Lipinski definition) is 7. The van der Waals surface area contributed by atoms with E-state index in [4.69, 9.17) is 0 Å². The quantitative estimate of drug-likeness (QED) is 0.582. The Morgan fingerprint density at radius 2 is 1.88 bits per heavy atom. The van der Waals surface area contributed by atoms with Crippen molar-refractivity contribution in [3.8, 4) is 11.1 Å². The van der Waals surface area contributed by atoms with Gasteiger partial charge in [-0.1, -0.05) is 12.6 Å². The van der Waals surface area contributed by atoms with Gasteiger partial charge in [0.15, 0.2) is 0 Å². The first-order valence-electron chi connectivity index (χ1n) is 10.8. The van der Waals surface area contributed by atoms with Crippen LogP contribution >= 0.6 is 11.8 Å². The maximum atomic E-state index is 11.9. The van der Waals surface area contributed by atoms with Gasteiger partial charge in [-0.05, 0) is 65.4 Å². The summed E-state index contributed by atoms with van der Waals surface area (Å²) >= 11 is 0.897. The molecule has 34 heavy (non-hydrogen) atoms. The monoisotopic (exact) mass is 471 g/mol. The van der Waals surface area contributed by atoms with E-state index in [9.17, 15) is 14.4 Å². The maximum Gasteiger partial charge on any atom is 0.290 e. The van der Waals surface area contributed by atoms with Crippen LogP contribution in [0.4, 0.5) is 10.6 Å². The maximum absolute atomic E-state index is 11.9. The van der Waals surface area contributed by atoms with Crippen molar-refractivity contribution in [1.29, 1.82) is 0 Å². The SMILES string of the molecule is C=CC(=O)N1CCN(c2ccc(-c3ccnc4ccc(C=C5SC(=O)NC5=O)cc34)cn2)CC1. The molecule has 3 amide bonds. The second kappa shape index (κ2) is 9.11. The van der Waals surface area contributed by atoms with E-state index in [0.717, 1.165) is 58.3 Å². The van der Waals surface area contributed by atoms with Crippen molar-refractivity contribution >= 4 is 51.6 Å². The third-order valence-corrected chi connectivity index (χ3v) is 6.66. The van der Waals surface area contributed by atoms with E-state index in [1.807, 2.05) is 42.6 Å². The summed E-state index contributed by atoms with van der Waals surface area (Å²) < 4.78 is 0. The van der Waals surface area contributed by atoms with E-state index in [1.165, 1.54) is 6.08 Å². The molecule has 9 heteroatoms. The smallest absolute Gasteiger partial charge is 0.290 e. The highest BCUT2D eigenvalue weighted by Gasteiger charge is 2.25. The molecule has 0 saturated carbocycles. The van der Waals surface area contributed by atoms with Crippen LogP contribution in [0.1, 0.15) is 5.56 Å². The Hall–Kier alpha value is -3.98. The lowest BCUT2D eigenvalue weighted by Crippen LogP contribution is -2.48. The second-order valence-electron chi connectivity index (χ2n) is 7.91. The van der Waals surface area contributed by atoms with Crippen LogP contribution in [0.25, 0.3) is 28.1 Å². The first-order chi connectivity index (χ1) is 16.5. The molecule has 170 valence electrons. The van der Waals surface area contributed by atoms with Gasteiger partial charge in [-0.15, -0.1) is 0 Å². The van der Waals surface area contributed by atoms with Crippen molar-refractivity contribution in [2.45, 2.75) is 0 Å². The normalized spacial score (nSPS) is 17.4. The number of pyridine rings is 2. The van der Waals surface area contributed by atoms with E-state index in [2.05, 4.69) is 26.8 Å². The van der Waals surface area contributed by atoms with Crippen LogP contribution in [0.15, 0.2) is 66.4 Å². The summed E-state index contributed by atoms with van der Waals surface area (Å²) in [5, 5.41) is 2.84. The molecular weight excluding hydrogens is 450 g/mol. The van der Waals surface area contributed by atoms with Crippen LogP contribution in [0.5, 0.6) is 0 Å². The number of imide groups is 1. The molecule has 2 aromatic heterocycles.